The van der Waals surface area contributed by atoms with Crippen molar-refractivity contribution in [2.75, 3.05) is 19.6 Å². The Bertz CT molecular complexity index is 199. The van der Waals surface area contributed by atoms with E-state index in [2.05, 4.69) is 10.6 Å². The van der Waals surface area contributed by atoms with Gasteiger partial charge >= 0.3 is 6.03 Å². The highest BCUT2D eigenvalue weighted by Crippen LogP contribution is 2.10. The molecule has 4 heteroatoms. The maximum absolute atomic E-state index is 11.0. The molecule has 0 aromatic carbocycles. The fourth-order valence-corrected chi connectivity index (χ4v) is 1.23. The summed E-state index contributed by atoms with van der Waals surface area (Å²) in [6, 6.07) is 0.0350. The first-order valence-electron chi connectivity index (χ1n) is 3.36. The smallest absolute Gasteiger partial charge is 0.322 e. The number of hydrogen-bond donors (Lipinski definition) is 2. The summed E-state index contributed by atoms with van der Waals surface area (Å²) in [6.45, 7) is 2.32. The molecule has 0 atom stereocenters. The van der Waals surface area contributed by atoms with Crippen molar-refractivity contribution in [1.82, 2.24) is 15.5 Å². The van der Waals surface area contributed by atoms with Crippen molar-refractivity contribution in [3.8, 4) is 0 Å². The molecule has 2 amide bonds. The van der Waals surface area contributed by atoms with E-state index < -0.39 is 0 Å². The van der Waals surface area contributed by atoms with Crippen LogP contribution in [0.15, 0.2) is 11.9 Å². The Hall–Kier alpha value is -1.19. The first kappa shape index (κ1) is 5.58. The standard InChI is InChI=1S/C6H9N3O/c10-6-8-4-5-3-7-1-2-9(5)6/h3,7H,1-2,4H2,(H,8,10). The molecule has 0 spiro atoms. The molecule has 0 aromatic rings. The number of nitrogens with zero attached hydrogens (tertiary/aromatic N) is 1. The number of urea groups is 1. The van der Waals surface area contributed by atoms with Gasteiger partial charge in [0, 0.05) is 19.3 Å². The van der Waals surface area contributed by atoms with Crippen molar-refractivity contribution in [2.45, 2.75) is 0 Å². The molecular weight excluding hydrogens is 130 g/mol. The van der Waals surface area contributed by atoms with E-state index in [9.17, 15) is 4.79 Å². The molecule has 2 rings (SSSR count). The summed E-state index contributed by atoms with van der Waals surface area (Å²) in [5.74, 6) is 0. The van der Waals surface area contributed by atoms with Crippen molar-refractivity contribution in [1.29, 1.82) is 0 Å². The van der Waals surface area contributed by atoms with Crippen LogP contribution in [0.4, 0.5) is 4.79 Å². The zero-order chi connectivity index (χ0) is 6.97. The van der Waals surface area contributed by atoms with Gasteiger partial charge in [0.1, 0.15) is 0 Å². The lowest BCUT2D eigenvalue weighted by Gasteiger charge is -2.20. The van der Waals surface area contributed by atoms with E-state index in [1.54, 1.807) is 4.90 Å². The van der Waals surface area contributed by atoms with Crippen molar-refractivity contribution >= 4 is 6.03 Å². The summed E-state index contributed by atoms with van der Waals surface area (Å²) in [4.78, 5) is 12.7. The molecule has 0 saturated carbocycles. The van der Waals surface area contributed by atoms with Gasteiger partial charge in [-0.25, -0.2) is 4.79 Å². The summed E-state index contributed by atoms with van der Waals surface area (Å²) in [6.07, 6.45) is 1.89. The second-order valence-corrected chi connectivity index (χ2v) is 2.40. The van der Waals surface area contributed by atoms with Crippen LogP contribution in [0.5, 0.6) is 0 Å². The molecule has 0 bridgehead atoms. The first-order chi connectivity index (χ1) is 4.88. The first-order valence-corrected chi connectivity index (χ1v) is 3.36. The van der Waals surface area contributed by atoms with Crippen LogP contribution in [0.3, 0.4) is 0 Å². The minimum absolute atomic E-state index is 0.0350. The zero-order valence-electron chi connectivity index (χ0n) is 5.55. The van der Waals surface area contributed by atoms with E-state index in [1.807, 2.05) is 6.20 Å². The van der Waals surface area contributed by atoms with Crippen LogP contribution in [0.1, 0.15) is 0 Å². The molecule has 0 unspecified atom stereocenters. The molecule has 54 valence electrons. The minimum atomic E-state index is 0.0350. The second kappa shape index (κ2) is 1.90. The third-order valence-electron chi connectivity index (χ3n) is 1.76. The van der Waals surface area contributed by atoms with Gasteiger partial charge in [-0.2, -0.15) is 0 Å². The van der Waals surface area contributed by atoms with Crippen LogP contribution in [0.25, 0.3) is 0 Å². The van der Waals surface area contributed by atoms with Crippen LogP contribution in [0.2, 0.25) is 0 Å². The van der Waals surface area contributed by atoms with Crippen molar-refractivity contribution < 1.29 is 4.79 Å². The van der Waals surface area contributed by atoms with Crippen LogP contribution < -0.4 is 10.6 Å². The lowest BCUT2D eigenvalue weighted by atomic mass is 10.4. The van der Waals surface area contributed by atoms with E-state index in [4.69, 9.17) is 0 Å². The Kier molecular flexibility index (Phi) is 1.06. The van der Waals surface area contributed by atoms with Gasteiger partial charge in [0.2, 0.25) is 0 Å². The van der Waals surface area contributed by atoms with E-state index in [-0.39, 0.29) is 6.03 Å². The highest BCUT2D eigenvalue weighted by Gasteiger charge is 2.25. The minimum Gasteiger partial charge on any atom is -0.388 e. The van der Waals surface area contributed by atoms with Crippen molar-refractivity contribution in [2.24, 2.45) is 0 Å². The molecule has 0 radical (unpaired) electrons. The van der Waals surface area contributed by atoms with Gasteiger partial charge in [0.05, 0.1) is 12.2 Å². The summed E-state index contributed by atoms with van der Waals surface area (Å²) in [5.41, 5.74) is 1.05. The van der Waals surface area contributed by atoms with Gasteiger partial charge in [-0.15, -0.1) is 0 Å². The molecule has 1 saturated heterocycles. The lowest BCUT2D eigenvalue weighted by molar-refractivity contribution is 0.222. The maximum atomic E-state index is 11.0. The number of fused-ring (bicyclic) bond motifs is 1. The highest BCUT2D eigenvalue weighted by atomic mass is 16.2. The number of rotatable bonds is 0. The Morgan fingerprint density at radius 2 is 2.50 bits per heavy atom. The molecule has 2 aliphatic heterocycles. The Morgan fingerprint density at radius 3 is 3.30 bits per heavy atom. The number of carbonyl (C=O) groups excluding carboxylic acids is 1. The van der Waals surface area contributed by atoms with Crippen molar-refractivity contribution in [3.63, 3.8) is 0 Å². The van der Waals surface area contributed by atoms with Gasteiger partial charge in [0.15, 0.2) is 0 Å². The second-order valence-electron chi connectivity index (χ2n) is 2.40. The Labute approximate surface area is 58.9 Å². The summed E-state index contributed by atoms with van der Waals surface area (Å²) in [5, 5.41) is 5.82. The topological polar surface area (TPSA) is 44.4 Å². The van der Waals surface area contributed by atoms with Crippen LogP contribution in [-0.4, -0.2) is 30.6 Å². The molecule has 0 aromatic heterocycles. The van der Waals surface area contributed by atoms with Crippen molar-refractivity contribution in [3.05, 3.63) is 11.9 Å². The van der Waals surface area contributed by atoms with Crippen LogP contribution >= 0.6 is 0 Å². The molecule has 0 aliphatic carbocycles. The van der Waals surface area contributed by atoms with Crippen LogP contribution in [0, 0.1) is 0 Å². The largest absolute Gasteiger partial charge is 0.388 e. The van der Waals surface area contributed by atoms with Crippen LogP contribution in [-0.2, 0) is 0 Å². The zero-order valence-corrected chi connectivity index (χ0v) is 5.55. The Morgan fingerprint density at radius 1 is 1.60 bits per heavy atom. The van der Waals surface area contributed by atoms with Gasteiger partial charge in [0.25, 0.3) is 0 Å². The molecular formula is C6H9N3O. The van der Waals surface area contributed by atoms with E-state index in [0.717, 1.165) is 18.8 Å². The third-order valence-corrected chi connectivity index (χ3v) is 1.76. The number of amides is 2. The average Bonchev–Trinajstić information content (AvgIpc) is 2.34. The SMILES string of the molecule is O=C1NCC2=CNCCN12. The summed E-state index contributed by atoms with van der Waals surface area (Å²) >= 11 is 0. The van der Waals surface area contributed by atoms with Gasteiger partial charge < -0.3 is 10.6 Å². The molecule has 2 N–H and O–H groups in total. The monoisotopic (exact) mass is 139 g/mol. The van der Waals surface area contributed by atoms with E-state index in [0.29, 0.717) is 6.54 Å². The molecule has 2 heterocycles. The normalized spacial score (nSPS) is 23.0. The quantitative estimate of drug-likeness (QED) is 0.473. The fourth-order valence-electron chi connectivity index (χ4n) is 1.23. The van der Waals surface area contributed by atoms with E-state index in [1.165, 1.54) is 0 Å². The fraction of sp³-hybridized carbons (Fsp3) is 0.500. The maximum Gasteiger partial charge on any atom is 0.322 e. The molecule has 10 heavy (non-hydrogen) atoms. The predicted octanol–water partition coefficient (Wildman–Crippen LogP) is -0.544. The number of nitrogens with one attached hydrogen (secondary N) is 2. The van der Waals surface area contributed by atoms with E-state index >= 15 is 0 Å². The predicted molar refractivity (Wildman–Crippen MR) is 36.2 cm³/mol. The van der Waals surface area contributed by atoms with Gasteiger partial charge in [-0.05, 0) is 0 Å². The average molecular weight is 139 g/mol. The Balaban J connectivity index is 2.25. The lowest BCUT2D eigenvalue weighted by Crippen LogP contribution is -2.36. The highest BCUT2D eigenvalue weighted by molar-refractivity contribution is 5.79. The van der Waals surface area contributed by atoms with Gasteiger partial charge in [-0.1, -0.05) is 0 Å². The third kappa shape index (κ3) is 0.650. The molecule has 4 nitrogen and oxygen atoms in total. The number of carbonyl (C=O) groups is 1. The molecule has 2 aliphatic rings. The summed E-state index contributed by atoms with van der Waals surface area (Å²) < 4.78 is 0. The summed E-state index contributed by atoms with van der Waals surface area (Å²) in [7, 11) is 0. The van der Waals surface area contributed by atoms with Gasteiger partial charge in [-0.3, -0.25) is 4.90 Å². The molecule has 1 fully saturated rings. The number of hydrogen-bond acceptors (Lipinski definition) is 2.